The largest absolute Gasteiger partial charge is 0.478 e. The molecule has 1 atom stereocenters. The number of benzene rings is 2. The van der Waals surface area contributed by atoms with Gasteiger partial charge in [-0.05, 0) is 30.7 Å². The molecule has 0 saturated heterocycles. The van der Waals surface area contributed by atoms with Crippen molar-refractivity contribution in [2.75, 3.05) is 0 Å². The van der Waals surface area contributed by atoms with Crippen LogP contribution in [0.3, 0.4) is 0 Å². The van der Waals surface area contributed by atoms with Crippen molar-refractivity contribution in [3.63, 3.8) is 0 Å². The van der Waals surface area contributed by atoms with E-state index < -0.39 is 5.97 Å². The standard InChI is InChI=1S/C20H19N3O3/c1-13(14-8-10-16(11-9-14)20(25)26)21-19(24)18-12-17(22-23(18)2)15-6-4-3-5-7-15/h3-13H,1-2H3,(H,21,24)(H,25,26). The molecule has 2 aromatic carbocycles. The van der Waals surface area contributed by atoms with Crippen molar-refractivity contribution in [1.29, 1.82) is 0 Å². The van der Waals surface area contributed by atoms with E-state index in [9.17, 15) is 9.59 Å². The molecule has 132 valence electrons. The van der Waals surface area contributed by atoms with E-state index in [0.29, 0.717) is 5.69 Å². The van der Waals surface area contributed by atoms with Crippen LogP contribution in [0, 0.1) is 0 Å². The molecule has 6 nitrogen and oxygen atoms in total. The summed E-state index contributed by atoms with van der Waals surface area (Å²) in [4.78, 5) is 23.5. The molecule has 3 rings (SSSR count). The third-order valence-corrected chi connectivity index (χ3v) is 4.19. The molecule has 1 amide bonds. The monoisotopic (exact) mass is 349 g/mol. The number of hydrogen-bond acceptors (Lipinski definition) is 3. The van der Waals surface area contributed by atoms with Crippen LogP contribution in [0.15, 0.2) is 60.7 Å². The lowest BCUT2D eigenvalue weighted by atomic mass is 10.1. The second kappa shape index (κ2) is 7.23. The summed E-state index contributed by atoms with van der Waals surface area (Å²) >= 11 is 0. The van der Waals surface area contributed by atoms with Gasteiger partial charge in [0.15, 0.2) is 0 Å². The molecule has 1 heterocycles. The highest BCUT2D eigenvalue weighted by molar-refractivity contribution is 5.94. The quantitative estimate of drug-likeness (QED) is 0.740. The molecule has 0 saturated carbocycles. The van der Waals surface area contributed by atoms with Gasteiger partial charge < -0.3 is 10.4 Å². The van der Waals surface area contributed by atoms with Crippen LogP contribution in [0.1, 0.15) is 39.4 Å². The summed E-state index contributed by atoms with van der Waals surface area (Å²) in [5.41, 5.74) is 3.18. The molecule has 0 aliphatic carbocycles. The third-order valence-electron chi connectivity index (χ3n) is 4.19. The Morgan fingerprint density at radius 3 is 2.35 bits per heavy atom. The average Bonchev–Trinajstić information content (AvgIpc) is 3.04. The second-order valence-corrected chi connectivity index (χ2v) is 6.03. The predicted molar refractivity (Wildman–Crippen MR) is 97.9 cm³/mol. The number of carbonyl (C=O) groups is 2. The summed E-state index contributed by atoms with van der Waals surface area (Å²) in [6.45, 7) is 1.85. The average molecular weight is 349 g/mol. The number of amides is 1. The highest BCUT2D eigenvalue weighted by atomic mass is 16.4. The van der Waals surface area contributed by atoms with Crippen molar-refractivity contribution in [2.24, 2.45) is 7.05 Å². The number of nitrogens with zero attached hydrogens (tertiary/aromatic N) is 2. The maximum Gasteiger partial charge on any atom is 0.335 e. The highest BCUT2D eigenvalue weighted by Gasteiger charge is 2.17. The van der Waals surface area contributed by atoms with E-state index in [4.69, 9.17) is 5.11 Å². The van der Waals surface area contributed by atoms with Crippen LogP contribution in [0.2, 0.25) is 0 Å². The first-order chi connectivity index (χ1) is 12.5. The molecular weight excluding hydrogens is 330 g/mol. The predicted octanol–water partition coefficient (Wildman–Crippen LogP) is 3.28. The number of hydrogen-bond donors (Lipinski definition) is 2. The van der Waals surface area contributed by atoms with Gasteiger partial charge in [-0.1, -0.05) is 42.5 Å². The number of carboxylic acids is 1. The fourth-order valence-corrected chi connectivity index (χ4v) is 2.70. The summed E-state index contributed by atoms with van der Waals surface area (Å²) in [5, 5.41) is 16.3. The SMILES string of the molecule is CC(NC(=O)c1cc(-c2ccccc2)nn1C)c1ccc(C(=O)O)cc1. The molecular formula is C20H19N3O3. The van der Waals surface area contributed by atoms with Crippen LogP contribution in [0.5, 0.6) is 0 Å². The first-order valence-electron chi connectivity index (χ1n) is 8.19. The number of carboxylic acid groups (broad SMARTS) is 1. The second-order valence-electron chi connectivity index (χ2n) is 6.03. The van der Waals surface area contributed by atoms with Gasteiger partial charge in [0, 0.05) is 12.6 Å². The maximum atomic E-state index is 12.6. The number of aromatic carboxylic acids is 1. The van der Waals surface area contributed by atoms with Crippen molar-refractivity contribution >= 4 is 11.9 Å². The minimum absolute atomic E-state index is 0.214. The normalized spacial score (nSPS) is 11.8. The Bertz CT molecular complexity index is 931. The molecule has 26 heavy (non-hydrogen) atoms. The smallest absolute Gasteiger partial charge is 0.335 e. The maximum absolute atomic E-state index is 12.6. The van der Waals surface area contributed by atoms with Gasteiger partial charge in [0.25, 0.3) is 5.91 Å². The lowest BCUT2D eigenvalue weighted by Gasteiger charge is -2.14. The van der Waals surface area contributed by atoms with Crippen LogP contribution in [-0.4, -0.2) is 26.8 Å². The van der Waals surface area contributed by atoms with E-state index in [-0.39, 0.29) is 17.5 Å². The molecule has 0 spiro atoms. The summed E-state index contributed by atoms with van der Waals surface area (Å²) < 4.78 is 1.55. The number of nitrogens with one attached hydrogen (secondary N) is 1. The molecule has 0 aliphatic rings. The van der Waals surface area contributed by atoms with Gasteiger partial charge in [0.2, 0.25) is 0 Å². The third kappa shape index (κ3) is 3.64. The van der Waals surface area contributed by atoms with Crippen LogP contribution >= 0.6 is 0 Å². The van der Waals surface area contributed by atoms with E-state index >= 15 is 0 Å². The van der Waals surface area contributed by atoms with Gasteiger partial charge in [0.1, 0.15) is 5.69 Å². The van der Waals surface area contributed by atoms with Gasteiger partial charge in [0.05, 0.1) is 17.3 Å². The lowest BCUT2D eigenvalue weighted by molar-refractivity contribution is 0.0696. The summed E-state index contributed by atoms with van der Waals surface area (Å²) in [5.74, 6) is -1.21. The van der Waals surface area contributed by atoms with Crippen LogP contribution in [0.25, 0.3) is 11.3 Å². The van der Waals surface area contributed by atoms with Gasteiger partial charge in [-0.3, -0.25) is 9.48 Å². The van der Waals surface area contributed by atoms with Crippen molar-refractivity contribution in [3.05, 3.63) is 77.5 Å². The molecule has 6 heteroatoms. The Hall–Kier alpha value is -3.41. The fourth-order valence-electron chi connectivity index (χ4n) is 2.70. The van der Waals surface area contributed by atoms with Crippen molar-refractivity contribution < 1.29 is 14.7 Å². The number of rotatable bonds is 5. The number of aryl methyl sites for hydroxylation is 1. The molecule has 0 bridgehead atoms. The fraction of sp³-hybridized carbons (Fsp3) is 0.150. The molecule has 0 fully saturated rings. The zero-order chi connectivity index (χ0) is 18.7. The van der Waals surface area contributed by atoms with Crippen LogP contribution < -0.4 is 5.32 Å². The van der Waals surface area contributed by atoms with E-state index in [1.54, 1.807) is 29.9 Å². The molecule has 0 aliphatic heterocycles. The Morgan fingerprint density at radius 2 is 1.73 bits per heavy atom. The highest BCUT2D eigenvalue weighted by Crippen LogP contribution is 2.19. The van der Waals surface area contributed by atoms with Crippen LogP contribution in [0.4, 0.5) is 0 Å². The van der Waals surface area contributed by atoms with Crippen LogP contribution in [-0.2, 0) is 7.05 Å². The molecule has 2 N–H and O–H groups in total. The Balaban J connectivity index is 1.75. The molecule has 0 radical (unpaired) electrons. The van der Waals surface area contributed by atoms with E-state index in [0.717, 1.165) is 16.8 Å². The minimum Gasteiger partial charge on any atom is -0.478 e. The van der Waals surface area contributed by atoms with Crippen molar-refractivity contribution in [1.82, 2.24) is 15.1 Å². The van der Waals surface area contributed by atoms with Gasteiger partial charge in [-0.2, -0.15) is 5.10 Å². The minimum atomic E-state index is -0.975. The number of carbonyl (C=O) groups excluding carboxylic acids is 1. The lowest BCUT2D eigenvalue weighted by Crippen LogP contribution is -2.28. The molecule has 1 unspecified atom stereocenters. The number of aromatic nitrogens is 2. The first-order valence-corrected chi connectivity index (χ1v) is 8.19. The van der Waals surface area contributed by atoms with Gasteiger partial charge in [-0.15, -0.1) is 0 Å². The first kappa shape index (κ1) is 17.4. The zero-order valence-corrected chi connectivity index (χ0v) is 14.5. The van der Waals surface area contributed by atoms with Crippen molar-refractivity contribution in [2.45, 2.75) is 13.0 Å². The van der Waals surface area contributed by atoms with Gasteiger partial charge >= 0.3 is 5.97 Å². The Kier molecular flexibility index (Phi) is 4.84. The van der Waals surface area contributed by atoms with E-state index in [1.165, 1.54) is 12.1 Å². The van der Waals surface area contributed by atoms with Crippen molar-refractivity contribution in [3.8, 4) is 11.3 Å². The Morgan fingerprint density at radius 1 is 1.08 bits per heavy atom. The van der Waals surface area contributed by atoms with E-state index in [1.807, 2.05) is 37.3 Å². The van der Waals surface area contributed by atoms with E-state index in [2.05, 4.69) is 10.4 Å². The molecule has 3 aromatic rings. The summed E-state index contributed by atoms with van der Waals surface area (Å²) in [6.07, 6.45) is 0. The summed E-state index contributed by atoms with van der Waals surface area (Å²) in [6, 6.07) is 17.6. The Labute approximate surface area is 151 Å². The molecule has 1 aromatic heterocycles. The summed E-state index contributed by atoms with van der Waals surface area (Å²) in [7, 11) is 1.73. The van der Waals surface area contributed by atoms with Gasteiger partial charge in [-0.25, -0.2) is 4.79 Å². The zero-order valence-electron chi connectivity index (χ0n) is 14.5. The topological polar surface area (TPSA) is 84.2 Å².